The molecule has 2 N–H and O–H groups in total. The molecule has 1 amide bonds. The van der Waals surface area contributed by atoms with Crippen molar-refractivity contribution in [3.8, 4) is 0 Å². The predicted molar refractivity (Wildman–Crippen MR) is 70.0 cm³/mol. The summed E-state index contributed by atoms with van der Waals surface area (Å²) in [5, 5.41) is 0. The second kappa shape index (κ2) is 5.42. The number of anilines is 2. The Morgan fingerprint density at radius 2 is 1.95 bits per heavy atom. The highest BCUT2D eigenvalue weighted by atomic mass is 19.1. The maximum atomic E-state index is 13.4. The summed E-state index contributed by atoms with van der Waals surface area (Å²) in [7, 11) is 0. The molecule has 0 saturated carbocycles. The fourth-order valence-electron chi connectivity index (χ4n) is 1.51. The van der Waals surface area contributed by atoms with Crippen LogP contribution < -0.4 is 10.6 Å². The third-order valence-corrected chi connectivity index (χ3v) is 2.29. The average Bonchev–Trinajstić information content (AvgIpc) is 2.23. The molecule has 0 atom stereocenters. The summed E-state index contributed by atoms with van der Waals surface area (Å²) < 4.78 is 31.8. The molecule has 19 heavy (non-hydrogen) atoms. The largest absolute Gasteiger partial charge is 0.443 e. The lowest BCUT2D eigenvalue weighted by molar-refractivity contribution is 0.0582. The van der Waals surface area contributed by atoms with Gasteiger partial charge in [-0.05, 0) is 27.7 Å². The molecule has 0 fully saturated rings. The second-order valence-corrected chi connectivity index (χ2v) is 5.05. The van der Waals surface area contributed by atoms with Gasteiger partial charge in [0.2, 0.25) is 0 Å². The molecule has 6 heteroatoms. The van der Waals surface area contributed by atoms with Gasteiger partial charge in [-0.3, -0.25) is 4.90 Å². The highest BCUT2D eigenvalue weighted by Gasteiger charge is 2.25. The lowest BCUT2D eigenvalue weighted by Crippen LogP contribution is -2.37. The molecule has 1 rings (SSSR count). The van der Waals surface area contributed by atoms with E-state index in [1.54, 1.807) is 27.7 Å². The molecule has 1 aromatic carbocycles. The lowest BCUT2D eigenvalue weighted by Gasteiger charge is -2.27. The first kappa shape index (κ1) is 15.2. The quantitative estimate of drug-likeness (QED) is 0.840. The summed E-state index contributed by atoms with van der Waals surface area (Å²) >= 11 is 0. The van der Waals surface area contributed by atoms with Crippen LogP contribution in [0.1, 0.15) is 27.7 Å². The topological polar surface area (TPSA) is 55.6 Å². The van der Waals surface area contributed by atoms with Crippen LogP contribution in [0.3, 0.4) is 0 Å². The van der Waals surface area contributed by atoms with Gasteiger partial charge in [0.1, 0.15) is 11.4 Å². The normalized spacial score (nSPS) is 11.3. The second-order valence-electron chi connectivity index (χ2n) is 5.05. The number of benzene rings is 1. The van der Waals surface area contributed by atoms with E-state index < -0.39 is 23.3 Å². The SMILES string of the molecule is CCN(C(=O)OC(C)(C)C)c1cc(F)cc(F)c1N. The van der Waals surface area contributed by atoms with Gasteiger partial charge in [0, 0.05) is 18.7 Å². The van der Waals surface area contributed by atoms with E-state index in [9.17, 15) is 13.6 Å². The van der Waals surface area contributed by atoms with Crippen molar-refractivity contribution in [1.82, 2.24) is 0 Å². The molecular weight excluding hydrogens is 254 g/mol. The van der Waals surface area contributed by atoms with Crippen molar-refractivity contribution in [3.63, 3.8) is 0 Å². The first-order valence-corrected chi connectivity index (χ1v) is 5.90. The Bertz CT molecular complexity index is 484. The lowest BCUT2D eigenvalue weighted by atomic mass is 10.2. The molecule has 0 bridgehead atoms. The minimum atomic E-state index is -0.906. The number of hydrogen-bond donors (Lipinski definition) is 1. The Hall–Kier alpha value is -1.85. The van der Waals surface area contributed by atoms with Crippen LogP contribution in [-0.2, 0) is 4.74 Å². The van der Waals surface area contributed by atoms with Crippen molar-refractivity contribution in [2.24, 2.45) is 0 Å². The Morgan fingerprint density at radius 1 is 1.37 bits per heavy atom. The van der Waals surface area contributed by atoms with Crippen molar-refractivity contribution < 1.29 is 18.3 Å². The van der Waals surface area contributed by atoms with Gasteiger partial charge in [-0.1, -0.05) is 0 Å². The van der Waals surface area contributed by atoms with Crippen LogP contribution in [0.4, 0.5) is 25.0 Å². The molecule has 0 aliphatic carbocycles. The van der Waals surface area contributed by atoms with Crippen molar-refractivity contribution in [2.45, 2.75) is 33.3 Å². The van der Waals surface area contributed by atoms with Crippen molar-refractivity contribution in [3.05, 3.63) is 23.8 Å². The zero-order valence-corrected chi connectivity index (χ0v) is 11.5. The van der Waals surface area contributed by atoms with E-state index in [0.29, 0.717) is 6.07 Å². The monoisotopic (exact) mass is 272 g/mol. The number of hydrogen-bond acceptors (Lipinski definition) is 3. The van der Waals surface area contributed by atoms with Crippen LogP contribution >= 0.6 is 0 Å². The summed E-state index contributed by atoms with van der Waals surface area (Å²) in [4.78, 5) is 13.1. The van der Waals surface area contributed by atoms with Gasteiger partial charge in [-0.2, -0.15) is 0 Å². The number of rotatable bonds is 2. The molecule has 0 heterocycles. The van der Waals surface area contributed by atoms with Crippen molar-refractivity contribution in [1.29, 1.82) is 0 Å². The third kappa shape index (κ3) is 3.81. The van der Waals surface area contributed by atoms with E-state index in [4.69, 9.17) is 10.5 Å². The highest BCUT2D eigenvalue weighted by molar-refractivity contribution is 5.91. The Labute approximate surface area is 111 Å². The van der Waals surface area contributed by atoms with E-state index in [2.05, 4.69) is 0 Å². The Morgan fingerprint density at radius 3 is 2.42 bits per heavy atom. The summed E-state index contributed by atoms with van der Waals surface area (Å²) in [6.07, 6.45) is -0.702. The number of carbonyl (C=O) groups excluding carboxylic acids is 1. The van der Waals surface area contributed by atoms with Crippen LogP contribution in [0.15, 0.2) is 12.1 Å². The zero-order chi connectivity index (χ0) is 14.8. The number of halogens is 2. The van der Waals surface area contributed by atoms with E-state index in [1.165, 1.54) is 0 Å². The van der Waals surface area contributed by atoms with Gasteiger partial charge < -0.3 is 10.5 Å². The fourth-order valence-corrected chi connectivity index (χ4v) is 1.51. The minimum Gasteiger partial charge on any atom is -0.443 e. The van der Waals surface area contributed by atoms with E-state index in [-0.39, 0.29) is 17.9 Å². The fraction of sp³-hybridized carbons (Fsp3) is 0.462. The Balaban J connectivity index is 3.14. The molecule has 0 radical (unpaired) electrons. The van der Waals surface area contributed by atoms with Gasteiger partial charge in [-0.25, -0.2) is 13.6 Å². The maximum Gasteiger partial charge on any atom is 0.414 e. The van der Waals surface area contributed by atoms with Crippen LogP contribution in [-0.4, -0.2) is 18.2 Å². The summed E-state index contributed by atoms with van der Waals surface area (Å²) in [6, 6.07) is 1.67. The molecule has 0 aliphatic heterocycles. The van der Waals surface area contributed by atoms with E-state index in [1.807, 2.05) is 0 Å². The molecule has 106 valence electrons. The molecule has 4 nitrogen and oxygen atoms in total. The van der Waals surface area contributed by atoms with Crippen LogP contribution in [0.5, 0.6) is 0 Å². The average molecular weight is 272 g/mol. The molecule has 0 aromatic heterocycles. The Kier molecular flexibility index (Phi) is 4.34. The molecule has 0 unspecified atom stereocenters. The number of nitrogens with zero attached hydrogens (tertiary/aromatic N) is 1. The van der Waals surface area contributed by atoms with Crippen molar-refractivity contribution in [2.75, 3.05) is 17.2 Å². The zero-order valence-electron chi connectivity index (χ0n) is 11.5. The van der Waals surface area contributed by atoms with Crippen LogP contribution in [0.2, 0.25) is 0 Å². The third-order valence-electron chi connectivity index (χ3n) is 2.29. The highest BCUT2D eigenvalue weighted by Crippen LogP contribution is 2.28. The molecule has 0 aliphatic rings. The van der Waals surface area contributed by atoms with Gasteiger partial charge in [-0.15, -0.1) is 0 Å². The van der Waals surface area contributed by atoms with Gasteiger partial charge in [0.05, 0.1) is 11.4 Å². The number of nitrogens with two attached hydrogens (primary N) is 1. The molecule has 0 saturated heterocycles. The predicted octanol–water partition coefficient (Wildman–Crippen LogP) is 3.31. The first-order valence-electron chi connectivity index (χ1n) is 5.90. The van der Waals surface area contributed by atoms with Crippen molar-refractivity contribution >= 4 is 17.5 Å². The number of nitrogen functional groups attached to an aromatic ring is 1. The summed E-state index contributed by atoms with van der Waals surface area (Å²) in [5.74, 6) is -1.71. The molecule has 0 spiro atoms. The van der Waals surface area contributed by atoms with Gasteiger partial charge >= 0.3 is 6.09 Å². The summed E-state index contributed by atoms with van der Waals surface area (Å²) in [6.45, 7) is 6.95. The molecule has 1 aromatic rings. The summed E-state index contributed by atoms with van der Waals surface area (Å²) in [5.41, 5.74) is 4.52. The smallest absolute Gasteiger partial charge is 0.414 e. The first-order chi connectivity index (χ1) is 8.65. The van der Waals surface area contributed by atoms with Crippen LogP contribution in [0, 0.1) is 11.6 Å². The number of carbonyl (C=O) groups is 1. The van der Waals surface area contributed by atoms with Gasteiger partial charge in [0.15, 0.2) is 5.82 Å². The molecular formula is C13H18F2N2O2. The maximum absolute atomic E-state index is 13.4. The van der Waals surface area contributed by atoms with Gasteiger partial charge in [0.25, 0.3) is 0 Å². The number of amides is 1. The van der Waals surface area contributed by atoms with E-state index >= 15 is 0 Å². The number of ether oxygens (including phenoxy) is 1. The minimum absolute atomic E-state index is 0.0331. The standard InChI is InChI=1S/C13H18F2N2O2/c1-5-17(12(18)19-13(2,3)4)10-7-8(14)6-9(15)11(10)16/h6-7H,5,16H2,1-4H3. The van der Waals surface area contributed by atoms with E-state index in [0.717, 1.165) is 11.0 Å². The van der Waals surface area contributed by atoms with Crippen LogP contribution in [0.25, 0.3) is 0 Å².